The predicted octanol–water partition coefficient (Wildman–Crippen LogP) is 1.86. The summed E-state index contributed by atoms with van der Waals surface area (Å²) >= 11 is 0. The van der Waals surface area contributed by atoms with Gasteiger partial charge in [-0.3, -0.25) is 4.79 Å². The first-order valence-electron chi connectivity index (χ1n) is 3.42. The molecular formula is C8H12O2. The fraction of sp³-hybridized carbons (Fsp3) is 0.625. The highest BCUT2D eigenvalue weighted by Crippen LogP contribution is 2.35. The zero-order valence-corrected chi connectivity index (χ0v) is 6.44. The lowest BCUT2D eigenvalue weighted by Crippen LogP contribution is -2.25. The van der Waals surface area contributed by atoms with Gasteiger partial charge < -0.3 is 4.74 Å². The molecule has 0 saturated carbocycles. The molecule has 0 atom stereocenters. The molecule has 0 unspecified atom stereocenters. The average Bonchev–Trinajstić information content (AvgIpc) is 1.81. The second-order valence-corrected chi connectivity index (χ2v) is 3.28. The molecule has 2 nitrogen and oxygen atoms in total. The minimum absolute atomic E-state index is 0.0199. The molecule has 1 fully saturated rings. The van der Waals surface area contributed by atoms with Crippen molar-refractivity contribution in [3.05, 3.63) is 12.3 Å². The van der Waals surface area contributed by atoms with E-state index in [4.69, 9.17) is 4.74 Å². The standard InChI is InChI=1S/C8H12O2/c1-6-8(2,3)5-4-7(9)10-6/h1,4-5H2,2-3H3. The summed E-state index contributed by atoms with van der Waals surface area (Å²) in [6.45, 7) is 7.73. The summed E-state index contributed by atoms with van der Waals surface area (Å²) in [5.74, 6) is 0.452. The molecule has 0 amide bonds. The van der Waals surface area contributed by atoms with Gasteiger partial charge >= 0.3 is 5.97 Å². The number of hydrogen-bond donors (Lipinski definition) is 0. The van der Waals surface area contributed by atoms with Gasteiger partial charge in [-0.05, 0) is 6.42 Å². The van der Waals surface area contributed by atoms with E-state index in [9.17, 15) is 4.79 Å². The molecule has 0 radical (unpaired) electrons. The normalized spacial score (nSPS) is 24.2. The van der Waals surface area contributed by atoms with E-state index in [-0.39, 0.29) is 11.4 Å². The summed E-state index contributed by atoms with van der Waals surface area (Å²) in [6, 6.07) is 0. The molecule has 0 aliphatic carbocycles. The van der Waals surface area contributed by atoms with Crippen molar-refractivity contribution >= 4 is 5.97 Å². The molecule has 1 aliphatic heterocycles. The van der Waals surface area contributed by atoms with Crippen molar-refractivity contribution in [2.75, 3.05) is 0 Å². The topological polar surface area (TPSA) is 26.3 Å². The first-order valence-corrected chi connectivity index (χ1v) is 3.42. The number of hydrogen-bond acceptors (Lipinski definition) is 2. The van der Waals surface area contributed by atoms with Gasteiger partial charge in [-0.15, -0.1) is 0 Å². The Morgan fingerprint density at radius 2 is 2.20 bits per heavy atom. The zero-order chi connectivity index (χ0) is 7.78. The van der Waals surface area contributed by atoms with Crippen molar-refractivity contribution in [3.63, 3.8) is 0 Å². The van der Waals surface area contributed by atoms with Gasteiger partial charge in [0.05, 0.1) is 0 Å². The molecule has 1 aliphatic rings. The molecule has 1 saturated heterocycles. The van der Waals surface area contributed by atoms with Gasteiger partial charge in [-0.2, -0.15) is 0 Å². The number of esters is 1. The van der Waals surface area contributed by atoms with E-state index in [1.165, 1.54) is 0 Å². The molecule has 0 aromatic carbocycles. The third-order valence-electron chi connectivity index (χ3n) is 1.95. The molecule has 2 heteroatoms. The van der Waals surface area contributed by atoms with Crippen LogP contribution in [0.5, 0.6) is 0 Å². The number of carbonyl (C=O) groups excluding carboxylic acids is 1. The van der Waals surface area contributed by atoms with Crippen LogP contribution in [0, 0.1) is 5.41 Å². The molecule has 0 spiro atoms. The largest absolute Gasteiger partial charge is 0.431 e. The Hall–Kier alpha value is -0.790. The van der Waals surface area contributed by atoms with Crippen molar-refractivity contribution in [1.82, 2.24) is 0 Å². The highest BCUT2D eigenvalue weighted by Gasteiger charge is 2.30. The Balaban J connectivity index is 2.70. The lowest BCUT2D eigenvalue weighted by molar-refractivity contribution is -0.145. The summed E-state index contributed by atoms with van der Waals surface area (Å²) in [4.78, 5) is 10.7. The second-order valence-electron chi connectivity index (χ2n) is 3.28. The van der Waals surface area contributed by atoms with Crippen LogP contribution < -0.4 is 0 Å². The van der Waals surface area contributed by atoms with E-state index < -0.39 is 0 Å². The number of carbonyl (C=O) groups is 1. The quantitative estimate of drug-likeness (QED) is 0.480. The van der Waals surface area contributed by atoms with Gasteiger partial charge in [-0.25, -0.2) is 0 Å². The third-order valence-corrected chi connectivity index (χ3v) is 1.95. The van der Waals surface area contributed by atoms with Crippen LogP contribution in [0.2, 0.25) is 0 Å². The minimum atomic E-state index is -0.149. The Bertz CT molecular complexity index is 180. The minimum Gasteiger partial charge on any atom is -0.431 e. The molecule has 1 heterocycles. The van der Waals surface area contributed by atoms with Crippen LogP contribution >= 0.6 is 0 Å². The first kappa shape index (κ1) is 7.32. The number of allylic oxidation sites excluding steroid dienone is 1. The molecule has 0 bridgehead atoms. The Morgan fingerprint density at radius 3 is 2.60 bits per heavy atom. The molecule has 1 rings (SSSR count). The maximum atomic E-state index is 10.7. The Labute approximate surface area is 60.9 Å². The third kappa shape index (κ3) is 1.20. The Morgan fingerprint density at radius 1 is 1.60 bits per heavy atom. The molecule has 10 heavy (non-hydrogen) atoms. The van der Waals surface area contributed by atoms with Crippen LogP contribution in [0.1, 0.15) is 26.7 Å². The van der Waals surface area contributed by atoms with E-state index in [1.807, 2.05) is 13.8 Å². The van der Waals surface area contributed by atoms with E-state index in [0.29, 0.717) is 12.2 Å². The highest BCUT2D eigenvalue weighted by atomic mass is 16.5. The van der Waals surface area contributed by atoms with Crippen molar-refractivity contribution in [2.24, 2.45) is 5.41 Å². The van der Waals surface area contributed by atoms with Gasteiger partial charge in [0.1, 0.15) is 5.76 Å². The molecule has 0 N–H and O–H groups in total. The molecule has 56 valence electrons. The van der Waals surface area contributed by atoms with Crippen molar-refractivity contribution in [1.29, 1.82) is 0 Å². The lowest BCUT2D eigenvalue weighted by atomic mass is 9.84. The SMILES string of the molecule is C=C1OC(=O)CCC1(C)C. The van der Waals surface area contributed by atoms with E-state index in [2.05, 4.69) is 6.58 Å². The highest BCUT2D eigenvalue weighted by molar-refractivity contribution is 5.71. The summed E-state index contributed by atoms with van der Waals surface area (Å²) in [7, 11) is 0. The predicted molar refractivity (Wildman–Crippen MR) is 38.2 cm³/mol. The van der Waals surface area contributed by atoms with Gasteiger partial charge in [0.2, 0.25) is 0 Å². The second kappa shape index (κ2) is 2.11. The maximum Gasteiger partial charge on any atom is 0.310 e. The number of cyclic esters (lactones) is 1. The maximum absolute atomic E-state index is 10.7. The first-order chi connectivity index (χ1) is 4.52. The van der Waals surface area contributed by atoms with Crippen LogP contribution in [-0.2, 0) is 9.53 Å². The van der Waals surface area contributed by atoms with Gasteiger partial charge in [0.15, 0.2) is 0 Å². The monoisotopic (exact) mass is 140 g/mol. The smallest absolute Gasteiger partial charge is 0.310 e. The van der Waals surface area contributed by atoms with Crippen LogP contribution in [0.4, 0.5) is 0 Å². The summed E-state index contributed by atoms with van der Waals surface area (Å²) < 4.78 is 4.87. The summed E-state index contributed by atoms with van der Waals surface area (Å²) in [6.07, 6.45) is 1.37. The molecule has 0 aromatic rings. The van der Waals surface area contributed by atoms with Gasteiger partial charge in [0.25, 0.3) is 0 Å². The van der Waals surface area contributed by atoms with Crippen LogP contribution in [0.3, 0.4) is 0 Å². The van der Waals surface area contributed by atoms with Gasteiger partial charge in [0, 0.05) is 11.8 Å². The lowest BCUT2D eigenvalue weighted by Gasteiger charge is -2.30. The Kier molecular flexibility index (Phi) is 1.55. The van der Waals surface area contributed by atoms with E-state index in [1.54, 1.807) is 0 Å². The summed E-state index contributed by atoms with van der Waals surface area (Å²) in [5, 5.41) is 0. The zero-order valence-electron chi connectivity index (χ0n) is 6.44. The van der Waals surface area contributed by atoms with Crippen LogP contribution in [0.15, 0.2) is 12.3 Å². The van der Waals surface area contributed by atoms with Gasteiger partial charge in [-0.1, -0.05) is 20.4 Å². The molecular weight excluding hydrogens is 128 g/mol. The molecule has 0 aromatic heterocycles. The fourth-order valence-corrected chi connectivity index (χ4v) is 0.881. The summed E-state index contributed by atoms with van der Waals surface area (Å²) in [5.41, 5.74) is -0.0199. The van der Waals surface area contributed by atoms with E-state index >= 15 is 0 Å². The number of ether oxygens (including phenoxy) is 1. The fourth-order valence-electron chi connectivity index (χ4n) is 0.881. The van der Waals surface area contributed by atoms with Crippen molar-refractivity contribution in [3.8, 4) is 0 Å². The van der Waals surface area contributed by atoms with E-state index in [0.717, 1.165) is 6.42 Å². The average molecular weight is 140 g/mol. The van der Waals surface area contributed by atoms with Crippen molar-refractivity contribution in [2.45, 2.75) is 26.7 Å². The van der Waals surface area contributed by atoms with Crippen LogP contribution in [0.25, 0.3) is 0 Å². The van der Waals surface area contributed by atoms with Crippen LogP contribution in [-0.4, -0.2) is 5.97 Å². The number of rotatable bonds is 0. The van der Waals surface area contributed by atoms with Crippen molar-refractivity contribution < 1.29 is 9.53 Å².